The third kappa shape index (κ3) is 3.14. The predicted molar refractivity (Wildman–Crippen MR) is 84.6 cm³/mol. The quantitative estimate of drug-likeness (QED) is 0.896. The molecule has 6 nitrogen and oxygen atoms in total. The molecule has 23 heavy (non-hydrogen) atoms. The van der Waals surface area contributed by atoms with Crippen LogP contribution in [0.1, 0.15) is 50.0 Å². The van der Waals surface area contributed by atoms with E-state index in [1.807, 2.05) is 0 Å². The van der Waals surface area contributed by atoms with Gasteiger partial charge in [0.15, 0.2) is 5.01 Å². The standard InChI is InChI=1S/C16H17N3O3S/c20-14(9-5-6-22-8-9)18-11-3-4-12-13(7-11)23-16(19-12)15(21)17-10-1-2-10/h5-6,8,10-11H,1-4,7H2,(H,17,21)(H,18,20)/t11-/m0/s1. The first-order valence-electron chi connectivity index (χ1n) is 7.81. The van der Waals surface area contributed by atoms with Crippen LogP contribution in [0.15, 0.2) is 23.0 Å². The van der Waals surface area contributed by atoms with Crippen LogP contribution in [0.5, 0.6) is 0 Å². The van der Waals surface area contributed by atoms with Crippen molar-refractivity contribution >= 4 is 23.2 Å². The summed E-state index contributed by atoms with van der Waals surface area (Å²) in [5.41, 5.74) is 1.54. The Labute approximate surface area is 137 Å². The predicted octanol–water partition coefficient (Wildman–Crippen LogP) is 1.92. The molecule has 7 heteroatoms. The number of carbonyl (C=O) groups excluding carboxylic acids is 2. The molecule has 120 valence electrons. The number of hydrogen-bond acceptors (Lipinski definition) is 5. The van der Waals surface area contributed by atoms with Gasteiger partial charge in [-0.25, -0.2) is 4.98 Å². The topological polar surface area (TPSA) is 84.2 Å². The number of fused-ring (bicyclic) bond motifs is 1. The second kappa shape index (κ2) is 5.81. The number of aromatic nitrogens is 1. The first kappa shape index (κ1) is 14.4. The van der Waals surface area contributed by atoms with E-state index in [4.69, 9.17) is 4.42 Å². The van der Waals surface area contributed by atoms with Crippen molar-refractivity contribution in [2.24, 2.45) is 0 Å². The summed E-state index contributed by atoms with van der Waals surface area (Å²) < 4.78 is 4.93. The molecule has 0 spiro atoms. The second-order valence-corrected chi connectivity index (χ2v) is 7.15. The van der Waals surface area contributed by atoms with Crippen molar-refractivity contribution in [2.75, 3.05) is 0 Å². The lowest BCUT2D eigenvalue weighted by molar-refractivity contribution is 0.0930. The molecule has 4 rings (SSSR count). The van der Waals surface area contributed by atoms with Gasteiger partial charge in [0.2, 0.25) is 0 Å². The largest absolute Gasteiger partial charge is 0.472 e. The third-order valence-electron chi connectivity index (χ3n) is 4.17. The molecule has 0 saturated heterocycles. The summed E-state index contributed by atoms with van der Waals surface area (Å²) >= 11 is 1.45. The number of nitrogens with zero attached hydrogens (tertiary/aromatic N) is 1. The minimum Gasteiger partial charge on any atom is -0.472 e. The van der Waals surface area contributed by atoms with Crippen molar-refractivity contribution in [1.82, 2.24) is 15.6 Å². The zero-order valence-corrected chi connectivity index (χ0v) is 13.3. The van der Waals surface area contributed by atoms with Gasteiger partial charge in [0.1, 0.15) is 6.26 Å². The molecule has 0 unspecified atom stereocenters. The average molecular weight is 331 g/mol. The van der Waals surface area contributed by atoms with E-state index in [1.165, 1.54) is 23.9 Å². The highest BCUT2D eigenvalue weighted by atomic mass is 32.1. The molecular weight excluding hydrogens is 314 g/mol. The Morgan fingerprint density at radius 3 is 2.74 bits per heavy atom. The van der Waals surface area contributed by atoms with E-state index in [0.29, 0.717) is 16.6 Å². The molecule has 0 aliphatic heterocycles. The van der Waals surface area contributed by atoms with Gasteiger partial charge in [0.05, 0.1) is 17.5 Å². The fourth-order valence-corrected chi connectivity index (χ4v) is 3.82. The average Bonchev–Trinajstić information content (AvgIpc) is 3.05. The minimum absolute atomic E-state index is 0.0640. The number of thiazole rings is 1. The third-order valence-corrected chi connectivity index (χ3v) is 5.28. The highest BCUT2D eigenvalue weighted by Crippen LogP contribution is 2.28. The molecule has 2 amide bonds. The first-order chi connectivity index (χ1) is 11.2. The molecule has 2 heterocycles. The Balaban J connectivity index is 1.41. The number of amides is 2. The van der Waals surface area contributed by atoms with Crippen LogP contribution in [0.25, 0.3) is 0 Å². The molecule has 0 aromatic carbocycles. The summed E-state index contributed by atoms with van der Waals surface area (Å²) in [5, 5.41) is 6.54. The van der Waals surface area contributed by atoms with E-state index >= 15 is 0 Å². The van der Waals surface area contributed by atoms with E-state index in [-0.39, 0.29) is 17.9 Å². The number of hydrogen-bond donors (Lipinski definition) is 2. The van der Waals surface area contributed by atoms with Crippen LogP contribution in [0.4, 0.5) is 0 Å². The van der Waals surface area contributed by atoms with Gasteiger partial charge in [-0.05, 0) is 31.7 Å². The highest BCUT2D eigenvalue weighted by molar-refractivity contribution is 7.13. The number of rotatable bonds is 4. The Hall–Kier alpha value is -2.15. The normalized spacial score (nSPS) is 19.9. The zero-order valence-electron chi connectivity index (χ0n) is 12.5. The number of nitrogens with one attached hydrogen (secondary N) is 2. The van der Waals surface area contributed by atoms with E-state index in [2.05, 4.69) is 15.6 Å². The second-order valence-electron chi connectivity index (χ2n) is 6.06. The van der Waals surface area contributed by atoms with Crippen LogP contribution >= 0.6 is 11.3 Å². The minimum atomic E-state index is -0.122. The lowest BCUT2D eigenvalue weighted by Gasteiger charge is -2.22. The van der Waals surface area contributed by atoms with Gasteiger partial charge in [-0.3, -0.25) is 9.59 Å². The van der Waals surface area contributed by atoms with Crippen molar-refractivity contribution < 1.29 is 14.0 Å². The van der Waals surface area contributed by atoms with Crippen molar-refractivity contribution in [3.63, 3.8) is 0 Å². The van der Waals surface area contributed by atoms with Gasteiger partial charge in [-0.15, -0.1) is 11.3 Å². The highest BCUT2D eigenvalue weighted by Gasteiger charge is 2.28. The lowest BCUT2D eigenvalue weighted by Crippen LogP contribution is -2.38. The maximum absolute atomic E-state index is 12.1. The zero-order chi connectivity index (χ0) is 15.8. The van der Waals surface area contributed by atoms with Gasteiger partial charge < -0.3 is 15.1 Å². The maximum atomic E-state index is 12.1. The molecule has 2 aliphatic carbocycles. The number of aryl methyl sites for hydroxylation is 1. The van der Waals surface area contributed by atoms with Gasteiger partial charge in [-0.1, -0.05) is 0 Å². The van der Waals surface area contributed by atoms with E-state index < -0.39 is 0 Å². The molecule has 2 aromatic heterocycles. The summed E-state index contributed by atoms with van der Waals surface area (Å²) in [6, 6.07) is 2.06. The van der Waals surface area contributed by atoms with E-state index in [9.17, 15) is 9.59 Å². The molecule has 2 aliphatic rings. The molecule has 1 atom stereocenters. The molecule has 2 N–H and O–H groups in total. The molecule has 1 saturated carbocycles. The summed E-state index contributed by atoms with van der Waals surface area (Å²) in [7, 11) is 0. The number of furan rings is 1. The molecule has 0 radical (unpaired) electrons. The van der Waals surface area contributed by atoms with E-state index in [0.717, 1.165) is 42.7 Å². The van der Waals surface area contributed by atoms with Crippen LogP contribution in [0, 0.1) is 0 Å². The number of carbonyl (C=O) groups is 2. The summed E-state index contributed by atoms with van der Waals surface area (Å²) in [4.78, 5) is 29.7. The molecular formula is C16H17N3O3S. The van der Waals surface area contributed by atoms with Gasteiger partial charge in [0.25, 0.3) is 11.8 Å². The van der Waals surface area contributed by atoms with Crippen LogP contribution in [0.2, 0.25) is 0 Å². The van der Waals surface area contributed by atoms with Gasteiger partial charge in [-0.2, -0.15) is 0 Å². The summed E-state index contributed by atoms with van der Waals surface area (Å²) in [6.45, 7) is 0. The van der Waals surface area contributed by atoms with Crippen molar-refractivity contribution in [3.05, 3.63) is 39.7 Å². The Bertz CT molecular complexity index is 734. The van der Waals surface area contributed by atoms with E-state index in [1.54, 1.807) is 6.07 Å². The smallest absolute Gasteiger partial charge is 0.280 e. The summed E-state index contributed by atoms with van der Waals surface area (Å²) in [6.07, 6.45) is 7.42. The SMILES string of the molecule is O=C(N[C@H]1CCc2nc(C(=O)NC3CC3)sc2C1)c1ccoc1. The molecule has 2 aromatic rings. The first-order valence-corrected chi connectivity index (χ1v) is 8.63. The van der Waals surface area contributed by atoms with Gasteiger partial charge >= 0.3 is 0 Å². The molecule has 0 bridgehead atoms. The molecule has 1 fully saturated rings. The van der Waals surface area contributed by atoms with Crippen molar-refractivity contribution in [1.29, 1.82) is 0 Å². The maximum Gasteiger partial charge on any atom is 0.280 e. The van der Waals surface area contributed by atoms with Crippen LogP contribution < -0.4 is 10.6 Å². The van der Waals surface area contributed by atoms with Crippen LogP contribution in [-0.2, 0) is 12.8 Å². The Kier molecular flexibility index (Phi) is 3.65. The van der Waals surface area contributed by atoms with Crippen LogP contribution in [0.3, 0.4) is 0 Å². The Morgan fingerprint density at radius 2 is 2.00 bits per heavy atom. The van der Waals surface area contributed by atoms with Crippen LogP contribution in [-0.4, -0.2) is 28.9 Å². The lowest BCUT2D eigenvalue weighted by atomic mass is 9.97. The fraction of sp³-hybridized carbons (Fsp3) is 0.438. The van der Waals surface area contributed by atoms with Gasteiger partial charge in [0, 0.05) is 23.4 Å². The fourth-order valence-electron chi connectivity index (χ4n) is 2.73. The van der Waals surface area contributed by atoms with Crippen molar-refractivity contribution in [3.8, 4) is 0 Å². The monoisotopic (exact) mass is 331 g/mol. The summed E-state index contributed by atoms with van der Waals surface area (Å²) in [5.74, 6) is -0.186. The van der Waals surface area contributed by atoms with Crippen molar-refractivity contribution in [2.45, 2.75) is 44.2 Å². The Morgan fingerprint density at radius 1 is 1.17 bits per heavy atom.